The molecule has 0 bridgehead atoms. The van der Waals surface area contributed by atoms with Crippen molar-refractivity contribution < 1.29 is 23.9 Å². The van der Waals surface area contributed by atoms with E-state index in [0.717, 1.165) is 5.56 Å². The van der Waals surface area contributed by atoms with Gasteiger partial charge in [0, 0.05) is 48.0 Å². The van der Waals surface area contributed by atoms with Crippen LogP contribution in [0.15, 0.2) is 42.5 Å². The summed E-state index contributed by atoms with van der Waals surface area (Å²) < 4.78 is 11.2. The fraction of sp³-hybridized carbons (Fsp3) is 0.423. The minimum Gasteiger partial charge on any atom is -0.489 e. The van der Waals surface area contributed by atoms with Crippen LogP contribution in [0.2, 0.25) is 10.0 Å². The second-order valence-corrected chi connectivity index (χ2v) is 10.2. The van der Waals surface area contributed by atoms with Crippen LogP contribution in [0, 0.1) is 0 Å². The van der Waals surface area contributed by atoms with Crippen LogP contribution in [0.4, 0.5) is 4.79 Å². The van der Waals surface area contributed by atoms with E-state index in [1.165, 1.54) is 0 Å². The Bertz CT molecular complexity index is 1040. The number of ketones is 1. The van der Waals surface area contributed by atoms with Crippen molar-refractivity contribution in [3.05, 3.63) is 63.6 Å². The van der Waals surface area contributed by atoms with Gasteiger partial charge in [0.2, 0.25) is 5.91 Å². The van der Waals surface area contributed by atoms with Crippen LogP contribution < -0.4 is 10.1 Å². The molecular weight excluding hydrogens is 491 g/mol. The second-order valence-electron chi connectivity index (χ2n) is 9.40. The number of rotatable bonds is 7. The molecule has 0 spiro atoms. The summed E-state index contributed by atoms with van der Waals surface area (Å²) in [6, 6.07) is 11.7. The third kappa shape index (κ3) is 8.15. The van der Waals surface area contributed by atoms with Crippen LogP contribution in [0.1, 0.15) is 44.7 Å². The molecule has 1 aliphatic heterocycles. The predicted molar refractivity (Wildman–Crippen MR) is 135 cm³/mol. The molecule has 1 fully saturated rings. The van der Waals surface area contributed by atoms with Crippen LogP contribution in [-0.4, -0.2) is 47.4 Å². The standard InChI is InChI=1S/C26H30Cl2N2O5/c1-26(2,3)35-25(33)29-23(24(32)30-13-11-18(31)12-14-30)15-17-7-9-19(10-8-17)34-16-20-21(27)5-4-6-22(20)28/h4-10,23H,11-16H2,1-3H3,(H,29,33)/t23-/m0/s1. The third-order valence-electron chi connectivity index (χ3n) is 5.43. The number of halogens is 2. The molecule has 1 heterocycles. The van der Waals surface area contributed by atoms with Gasteiger partial charge < -0.3 is 19.7 Å². The molecule has 0 aromatic heterocycles. The number of hydrogen-bond acceptors (Lipinski definition) is 5. The maximum atomic E-state index is 13.2. The molecule has 2 aromatic rings. The van der Waals surface area contributed by atoms with Crippen molar-refractivity contribution in [1.29, 1.82) is 0 Å². The van der Waals surface area contributed by atoms with E-state index in [-0.39, 0.29) is 24.7 Å². The summed E-state index contributed by atoms with van der Waals surface area (Å²) in [5, 5.41) is 3.77. The van der Waals surface area contributed by atoms with Gasteiger partial charge in [-0.3, -0.25) is 9.59 Å². The zero-order chi connectivity index (χ0) is 25.6. The predicted octanol–water partition coefficient (Wildman–Crippen LogP) is 5.20. The van der Waals surface area contributed by atoms with Gasteiger partial charge in [-0.1, -0.05) is 41.4 Å². The molecule has 2 amide bonds. The molecule has 2 aromatic carbocycles. The van der Waals surface area contributed by atoms with Crippen molar-refractivity contribution in [2.45, 2.75) is 58.3 Å². The maximum Gasteiger partial charge on any atom is 0.408 e. The fourth-order valence-electron chi connectivity index (χ4n) is 3.63. The number of hydrogen-bond donors (Lipinski definition) is 1. The lowest BCUT2D eigenvalue weighted by molar-refractivity contribution is -0.136. The Hall–Kier alpha value is -2.77. The van der Waals surface area contributed by atoms with E-state index >= 15 is 0 Å². The summed E-state index contributed by atoms with van der Waals surface area (Å²) >= 11 is 12.4. The van der Waals surface area contributed by atoms with E-state index in [1.807, 2.05) is 12.1 Å². The Balaban J connectivity index is 1.68. The molecule has 7 nitrogen and oxygen atoms in total. The number of benzene rings is 2. The molecule has 3 rings (SSSR count). The summed E-state index contributed by atoms with van der Waals surface area (Å²) in [5.41, 5.74) is 0.835. The molecule has 0 unspecified atom stereocenters. The van der Waals surface area contributed by atoms with Crippen LogP contribution in [0.5, 0.6) is 5.75 Å². The van der Waals surface area contributed by atoms with Crippen LogP contribution in [-0.2, 0) is 27.4 Å². The van der Waals surface area contributed by atoms with Crippen molar-refractivity contribution in [3.8, 4) is 5.75 Å². The van der Waals surface area contributed by atoms with E-state index in [2.05, 4.69) is 5.32 Å². The lowest BCUT2D eigenvalue weighted by atomic mass is 10.0. The van der Waals surface area contributed by atoms with Crippen molar-refractivity contribution in [1.82, 2.24) is 10.2 Å². The quantitative estimate of drug-likeness (QED) is 0.542. The molecule has 1 N–H and O–H groups in total. The van der Waals surface area contributed by atoms with Crippen molar-refractivity contribution >= 4 is 41.0 Å². The molecule has 0 saturated carbocycles. The Kier molecular flexibility index (Phi) is 9.03. The van der Waals surface area contributed by atoms with E-state index in [1.54, 1.807) is 56.0 Å². The van der Waals surface area contributed by atoms with Crippen molar-refractivity contribution in [3.63, 3.8) is 0 Å². The Morgan fingerprint density at radius 3 is 2.20 bits per heavy atom. The first kappa shape index (κ1) is 26.8. The molecular formula is C26H30Cl2N2O5. The summed E-state index contributed by atoms with van der Waals surface area (Å²) in [4.78, 5) is 38.8. The first-order valence-corrected chi connectivity index (χ1v) is 12.2. The van der Waals surface area contributed by atoms with Gasteiger partial charge in [-0.05, 0) is 50.6 Å². The number of nitrogens with zero attached hydrogens (tertiary/aromatic N) is 1. The van der Waals surface area contributed by atoms with Gasteiger partial charge in [0.05, 0.1) is 0 Å². The monoisotopic (exact) mass is 520 g/mol. The summed E-state index contributed by atoms with van der Waals surface area (Å²) in [6.45, 7) is 6.19. The number of likely N-dealkylation sites (tertiary alicyclic amines) is 1. The van der Waals surface area contributed by atoms with E-state index < -0.39 is 17.7 Å². The smallest absolute Gasteiger partial charge is 0.408 e. The minimum absolute atomic E-state index is 0.138. The number of carbonyl (C=O) groups excluding carboxylic acids is 3. The number of alkyl carbamates (subject to hydrolysis) is 1. The molecule has 0 aliphatic carbocycles. The van der Waals surface area contributed by atoms with Crippen molar-refractivity contribution in [2.24, 2.45) is 0 Å². The normalized spacial score (nSPS) is 14.9. The average Bonchev–Trinajstić information content (AvgIpc) is 2.78. The van der Waals surface area contributed by atoms with Gasteiger partial charge in [0.15, 0.2) is 0 Å². The summed E-state index contributed by atoms with van der Waals surface area (Å²) in [5.74, 6) is 0.513. The topological polar surface area (TPSA) is 84.9 Å². The van der Waals surface area contributed by atoms with Crippen LogP contribution in [0.25, 0.3) is 0 Å². The lowest BCUT2D eigenvalue weighted by Crippen LogP contribution is -2.52. The van der Waals surface area contributed by atoms with Gasteiger partial charge >= 0.3 is 6.09 Å². The number of carbonyl (C=O) groups is 3. The largest absolute Gasteiger partial charge is 0.489 e. The molecule has 0 radical (unpaired) electrons. The Morgan fingerprint density at radius 2 is 1.63 bits per heavy atom. The molecule has 1 saturated heterocycles. The van der Waals surface area contributed by atoms with Gasteiger partial charge in [-0.15, -0.1) is 0 Å². The summed E-state index contributed by atoms with van der Waals surface area (Å²) in [6.07, 6.45) is 0.248. The van der Waals surface area contributed by atoms with Crippen LogP contribution >= 0.6 is 23.2 Å². The zero-order valence-electron chi connectivity index (χ0n) is 20.1. The minimum atomic E-state index is -0.827. The van der Waals surface area contributed by atoms with E-state index in [0.29, 0.717) is 47.3 Å². The van der Waals surface area contributed by atoms with Gasteiger partial charge in [0.25, 0.3) is 0 Å². The Morgan fingerprint density at radius 1 is 1.03 bits per heavy atom. The highest BCUT2D eigenvalue weighted by Crippen LogP contribution is 2.26. The van der Waals surface area contributed by atoms with Crippen LogP contribution in [0.3, 0.4) is 0 Å². The SMILES string of the molecule is CC(C)(C)OC(=O)N[C@@H](Cc1ccc(OCc2c(Cl)cccc2Cl)cc1)C(=O)N1CCC(=O)CC1. The second kappa shape index (κ2) is 11.8. The first-order chi connectivity index (χ1) is 16.5. The van der Waals surface area contributed by atoms with E-state index in [9.17, 15) is 14.4 Å². The molecule has 1 aliphatic rings. The highest BCUT2D eigenvalue weighted by molar-refractivity contribution is 6.35. The van der Waals surface area contributed by atoms with Crippen molar-refractivity contribution in [2.75, 3.05) is 13.1 Å². The zero-order valence-corrected chi connectivity index (χ0v) is 21.6. The van der Waals surface area contributed by atoms with Gasteiger partial charge in [-0.25, -0.2) is 4.79 Å². The highest BCUT2D eigenvalue weighted by Gasteiger charge is 2.30. The lowest BCUT2D eigenvalue weighted by Gasteiger charge is -2.31. The molecule has 188 valence electrons. The summed E-state index contributed by atoms with van der Waals surface area (Å²) in [7, 11) is 0. The van der Waals surface area contributed by atoms with Gasteiger partial charge in [-0.2, -0.15) is 0 Å². The van der Waals surface area contributed by atoms with Gasteiger partial charge in [0.1, 0.15) is 29.8 Å². The highest BCUT2D eigenvalue weighted by atomic mass is 35.5. The van der Waals surface area contributed by atoms with E-state index in [4.69, 9.17) is 32.7 Å². The molecule has 1 atom stereocenters. The number of amides is 2. The first-order valence-electron chi connectivity index (χ1n) is 11.5. The third-order valence-corrected chi connectivity index (χ3v) is 6.14. The Labute approximate surface area is 215 Å². The average molecular weight is 521 g/mol. The number of ether oxygens (including phenoxy) is 2. The number of nitrogens with one attached hydrogen (secondary N) is 1. The number of Topliss-reactive ketones (excluding diaryl/α,β-unsaturated/α-hetero) is 1. The molecule has 9 heteroatoms. The maximum absolute atomic E-state index is 13.2. The molecule has 35 heavy (non-hydrogen) atoms. The number of piperidine rings is 1. The fourth-order valence-corrected chi connectivity index (χ4v) is 4.14.